The lowest BCUT2D eigenvalue weighted by molar-refractivity contribution is -0.113. The van der Waals surface area contributed by atoms with Gasteiger partial charge >= 0.3 is 0 Å². The monoisotopic (exact) mass is 301 g/mol. The van der Waals surface area contributed by atoms with Crippen molar-refractivity contribution in [3.05, 3.63) is 59.7 Å². The van der Waals surface area contributed by atoms with Crippen molar-refractivity contribution in [3.63, 3.8) is 0 Å². The number of benzene rings is 2. The summed E-state index contributed by atoms with van der Waals surface area (Å²) in [5.41, 5.74) is 3.04. The molecule has 4 heteroatoms. The van der Waals surface area contributed by atoms with Crippen LogP contribution in [0.3, 0.4) is 0 Å². The highest BCUT2D eigenvalue weighted by Gasteiger charge is 2.07. The molecular weight excluding hydrogens is 282 g/mol. The summed E-state index contributed by atoms with van der Waals surface area (Å²) in [6, 6.07) is 15.9. The molecule has 3 nitrogen and oxygen atoms in total. The number of rotatable bonds is 6. The number of amides is 1. The Hall–Kier alpha value is -1.94. The minimum absolute atomic E-state index is 0.0157. The molecule has 21 heavy (non-hydrogen) atoms. The van der Waals surface area contributed by atoms with Crippen LogP contribution in [0.2, 0.25) is 0 Å². The molecule has 0 saturated heterocycles. The van der Waals surface area contributed by atoms with Crippen molar-refractivity contribution in [2.75, 3.05) is 18.2 Å². The molecule has 110 valence electrons. The Labute approximate surface area is 129 Å². The van der Waals surface area contributed by atoms with Gasteiger partial charge in [-0.05, 0) is 30.2 Å². The molecule has 0 bridgehead atoms. The maximum absolute atomic E-state index is 12.0. The van der Waals surface area contributed by atoms with Crippen LogP contribution in [0.5, 0.6) is 5.75 Å². The number of hydrogen-bond donors (Lipinski definition) is 1. The topological polar surface area (TPSA) is 38.3 Å². The van der Waals surface area contributed by atoms with Crippen LogP contribution in [0, 0.1) is 6.92 Å². The lowest BCUT2D eigenvalue weighted by Crippen LogP contribution is -2.14. The fourth-order valence-corrected chi connectivity index (χ4v) is 2.71. The third-order valence-corrected chi connectivity index (χ3v) is 3.98. The van der Waals surface area contributed by atoms with E-state index in [0.29, 0.717) is 17.2 Å². The van der Waals surface area contributed by atoms with Crippen molar-refractivity contribution >= 4 is 23.4 Å². The second-order valence-electron chi connectivity index (χ2n) is 4.73. The molecule has 0 spiro atoms. The van der Waals surface area contributed by atoms with Crippen LogP contribution in [0.15, 0.2) is 48.5 Å². The molecule has 0 saturated carbocycles. The van der Waals surface area contributed by atoms with Gasteiger partial charge in [-0.1, -0.05) is 36.4 Å². The molecular formula is C17H19NO2S. The third kappa shape index (κ3) is 4.83. The molecule has 2 aromatic rings. The number of carbonyl (C=O) groups excluding carboxylic acids is 1. The normalized spacial score (nSPS) is 10.2. The highest BCUT2D eigenvalue weighted by atomic mass is 32.2. The van der Waals surface area contributed by atoms with E-state index in [1.165, 1.54) is 5.56 Å². The number of anilines is 1. The molecule has 0 aliphatic carbocycles. The molecule has 0 heterocycles. The first-order valence-corrected chi connectivity index (χ1v) is 7.90. The summed E-state index contributed by atoms with van der Waals surface area (Å²) in [5.74, 6) is 1.93. The average Bonchev–Trinajstić information content (AvgIpc) is 2.50. The van der Waals surface area contributed by atoms with Gasteiger partial charge in [-0.15, -0.1) is 11.8 Å². The molecule has 2 rings (SSSR count). The van der Waals surface area contributed by atoms with Crippen LogP contribution < -0.4 is 10.1 Å². The molecule has 1 N–H and O–H groups in total. The largest absolute Gasteiger partial charge is 0.495 e. The van der Waals surface area contributed by atoms with E-state index in [1.807, 2.05) is 43.3 Å². The predicted octanol–water partition coefficient (Wildman–Crippen LogP) is 3.88. The maximum atomic E-state index is 12.0. The predicted molar refractivity (Wildman–Crippen MR) is 89.0 cm³/mol. The van der Waals surface area contributed by atoms with Gasteiger partial charge in [0.2, 0.25) is 5.91 Å². The van der Waals surface area contributed by atoms with Gasteiger partial charge in [0.05, 0.1) is 18.6 Å². The van der Waals surface area contributed by atoms with E-state index in [1.54, 1.807) is 18.9 Å². The van der Waals surface area contributed by atoms with Crippen LogP contribution in [0.25, 0.3) is 0 Å². The van der Waals surface area contributed by atoms with Crippen LogP contribution in [-0.2, 0) is 10.5 Å². The number of methoxy groups -OCH3 is 1. The Morgan fingerprint density at radius 3 is 2.67 bits per heavy atom. The van der Waals surface area contributed by atoms with E-state index in [-0.39, 0.29) is 5.91 Å². The third-order valence-electron chi connectivity index (χ3n) is 2.98. The second-order valence-corrected chi connectivity index (χ2v) is 5.72. The molecule has 0 radical (unpaired) electrons. The first-order valence-electron chi connectivity index (χ1n) is 6.75. The summed E-state index contributed by atoms with van der Waals surface area (Å²) in [4.78, 5) is 12.0. The summed E-state index contributed by atoms with van der Waals surface area (Å²) in [5, 5.41) is 2.89. The molecule has 0 aromatic heterocycles. The van der Waals surface area contributed by atoms with Gasteiger partial charge in [-0.25, -0.2) is 0 Å². The quantitative estimate of drug-likeness (QED) is 0.880. The van der Waals surface area contributed by atoms with Crippen molar-refractivity contribution in [2.45, 2.75) is 12.7 Å². The van der Waals surface area contributed by atoms with Crippen molar-refractivity contribution in [1.82, 2.24) is 0 Å². The van der Waals surface area contributed by atoms with Crippen molar-refractivity contribution in [1.29, 1.82) is 0 Å². The summed E-state index contributed by atoms with van der Waals surface area (Å²) < 4.78 is 5.28. The van der Waals surface area contributed by atoms with Crippen LogP contribution in [0.4, 0.5) is 5.69 Å². The zero-order valence-electron chi connectivity index (χ0n) is 12.3. The Morgan fingerprint density at radius 2 is 1.95 bits per heavy atom. The van der Waals surface area contributed by atoms with Crippen molar-refractivity contribution in [2.24, 2.45) is 0 Å². The zero-order chi connectivity index (χ0) is 15.1. The van der Waals surface area contributed by atoms with Crippen LogP contribution in [-0.4, -0.2) is 18.8 Å². The van der Waals surface area contributed by atoms with Gasteiger partial charge in [-0.3, -0.25) is 4.79 Å². The van der Waals surface area contributed by atoms with Crippen LogP contribution >= 0.6 is 11.8 Å². The minimum Gasteiger partial charge on any atom is -0.495 e. The Balaban J connectivity index is 1.85. The first-order chi connectivity index (χ1) is 10.2. The molecule has 0 aliphatic rings. The second kappa shape index (κ2) is 7.74. The standard InChI is InChI=1S/C17H19NO2S/c1-13-8-9-15(16(10-13)20-2)18-17(19)12-21-11-14-6-4-3-5-7-14/h3-10H,11-12H2,1-2H3,(H,18,19). The van der Waals surface area contributed by atoms with Gasteiger partial charge < -0.3 is 10.1 Å². The number of hydrogen-bond acceptors (Lipinski definition) is 3. The maximum Gasteiger partial charge on any atom is 0.234 e. The molecule has 0 aliphatic heterocycles. The summed E-state index contributed by atoms with van der Waals surface area (Å²) in [7, 11) is 1.61. The smallest absolute Gasteiger partial charge is 0.234 e. The summed E-state index contributed by atoms with van der Waals surface area (Å²) in [6.45, 7) is 1.99. The van der Waals surface area contributed by atoms with Gasteiger partial charge in [0.1, 0.15) is 5.75 Å². The summed E-state index contributed by atoms with van der Waals surface area (Å²) in [6.07, 6.45) is 0. The average molecular weight is 301 g/mol. The minimum atomic E-state index is -0.0157. The number of carbonyl (C=O) groups is 1. The molecule has 1 amide bonds. The molecule has 0 atom stereocenters. The Bertz CT molecular complexity index is 599. The Kier molecular flexibility index (Phi) is 5.69. The lowest BCUT2D eigenvalue weighted by Gasteiger charge is -2.10. The lowest BCUT2D eigenvalue weighted by atomic mass is 10.2. The molecule has 0 unspecified atom stereocenters. The van der Waals surface area contributed by atoms with Gasteiger partial charge in [-0.2, -0.15) is 0 Å². The van der Waals surface area contributed by atoms with E-state index >= 15 is 0 Å². The van der Waals surface area contributed by atoms with E-state index in [4.69, 9.17) is 4.74 Å². The number of aryl methyl sites for hydroxylation is 1. The zero-order valence-corrected chi connectivity index (χ0v) is 13.1. The van der Waals surface area contributed by atoms with Crippen LogP contribution in [0.1, 0.15) is 11.1 Å². The molecule has 0 fully saturated rings. The van der Waals surface area contributed by atoms with E-state index < -0.39 is 0 Å². The van der Waals surface area contributed by atoms with Gasteiger partial charge in [0.15, 0.2) is 0 Å². The van der Waals surface area contributed by atoms with Gasteiger partial charge in [0, 0.05) is 5.75 Å². The van der Waals surface area contributed by atoms with Crippen molar-refractivity contribution in [3.8, 4) is 5.75 Å². The fourth-order valence-electron chi connectivity index (χ4n) is 1.92. The highest BCUT2D eigenvalue weighted by Crippen LogP contribution is 2.25. The fraction of sp³-hybridized carbons (Fsp3) is 0.235. The Morgan fingerprint density at radius 1 is 1.19 bits per heavy atom. The SMILES string of the molecule is COc1cc(C)ccc1NC(=O)CSCc1ccccc1. The van der Waals surface area contributed by atoms with Crippen molar-refractivity contribution < 1.29 is 9.53 Å². The van der Waals surface area contributed by atoms with Gasteiger partial charge in [0.25, 0.3) is 0 Å². The van der Waals surface area contributed by atoms with E-state index in [2.05, 4.69) is 17.4 Å². The number of thioether (sulfide) groups is 1. The van der Waals surface area contributed by atoms with E-state index in [0.717, 1.165) is 11.3 Å². The van der Waals surface area contributed by atoms with E-state index in [9.17, 15) is 4.79 Å². The number of ether oxygens (including phenoxy) is 1. The number of nitrogens with one attached hydrogen (secondary N) is 1. The first kappa shape index (κ1) is 15.4. The highest BCUT2D eigenvalue weighted by molar-refractivity contribution is 7.99. The molecule has 2 aromatic carbocycles. The summed E-state index contributed by atoms with van der Waals surface area (Å²) >= 11 is 1.60.